The highest BCUT2D eigenvalue weighted by Gasteiger charge is 2.22. The second-order valence-electron chi connectivity index (χ2n) is 6.97. The summed E-state index contributed by atoms with van der Waals surface area (Å²) in [6.45, 7) is 3.22. The number of nitrogens with one attached hydrogen (secondary N) is 1. The predicted octanol–water partition coefficient (Wildman–Crippen LogP) is 2.14. The lowest BCUT2D eigenvalue weighted by Gasteiger charge is -2.29. The molecule has 5 rings (SSSR count). The number of nitrogens with zero attached hydrogens (tertiary/aromatic N) is 6. The van der Waals surface area contributed by atoms with Gasteiger partial charge in [-0.1, -0.05) is 18.2 Å². The van der Waals surface area contributed by atoms with Crippen LogP contribution in [0.4, 0.5) is 10.2 Å². The molecule has 1 aliphatic rings. The minimum atomic E-state index is -0.492. The number of hydrogen-bond donors (Lipinski definition) is 1. The number of halogens is 1. The van der Waals surface area contributed by atoms with Gasteiger partial charge < -0.3 is 15.0 Å². The number of hydrogen-bond acceptors (Lipinski definition) is 7. The second-order valence-corrected chi connectivity index (χ2v) is 6.97. The molecule has 9 heteroatoms. The number of aryl methyl sites for hydroxylation is 1. The Morgan fingerprint density at radius 2 is 1.97 bits per heavy atom. The maximum atomic E-state index is 15.7. The molecule has 8 nitrogen and oxygen atoms in total. The van der Waals surface area contributed by atoms with E-state index in [0.29, 0.717) is 16.8 Å². The minimum absolute atomic E-state index is 0.140. The van der Waals surface area contributed by atoms with Gasteiger partial charge in [-0.3, -0.25) is 9.67 Å². The lowest BCUT2D eigenvalue weighted by Crippen LogP contribution is -2.44. The Kier molecular flexibility index (Phi) is 4.24. The normalized spacial score (nSPS) is 14.7. The van der Waals surface area contributed by atoms with Crippen LogP contribution in [0.2, 0.25) is 0 Å². The Hall–Kier alpha value is -3.33. The maximum Gasteiger partial charge on any atom is 0.318 e. The van der Waals surface area contributed by atoms with E-state index in [1.54, 1.807) is 17.1 Å². The van der Waals surface area contributed by atoms with E-state index in [9.17, 15) is 0 Å². The molecule has 29 heavy (non-hydrogen) atoms. The molecule has 1 aliphatic heterocycles. The third kappa shape index (κ3) is 2.85. The summed E-state index contributed by atoms with van der Waals surface area (Å²) in [6.07, 6.45) is 3.41. The Morgan fingerprint density at radius 3 is 2.76 bits per heavy atom. The first-order chi connectivity index (χ1) is 14.2. The molecule has 1 N–H and O–H groups in total. The number of methoxy groups -OCH3 is 1. The molecule has 3 aromatic heterocycles. The largest absolute Gasteiger partial charge is 0.467 e. The van der Waals surface area contributed by atoms with E-state index in [2.05, 4.69) is 30.3 Å². The number of piperazine rings is 1. The Labute approximate surface area is 166 Å². The third-order valence-corrected chi connectivity index (χ3v) is 5.26. The van der Waals surface area contributed by atoms with Crippen LogP contribution in [0.3, 0.4) is 0 Å². The number of para-hydroxylation sites is 1. The molecule has 0 amide bonds. The monoisotopic (exact) mass is 393 g/mol. The molecule has 1 saturated heterocycles. The highest BCUT2D eigenvalue weighted by Crippen LogP contribution is 2.34. The molecule has 0 bridgehead atoms. The number of ether oxygens (including phenoxy) is 1. The van der Waals surface area contributed by atoms with Gasteiger partial charge in [0.25, 0.3) is 0 Å². The fourth-order valence-electron chi connectivity index (χ4n) is 3.84. The maximum absolute atomic E-state index is 15.7. The molecule has 0 saturated carbocycles. The van der Waals surface area contributed by atoms with Crippen LogP contribution in [0.1, 0.15) is 0 Å². The Bertz CT molecular complexity index is 1220. The van der Waals surface area contributed by atoms with E-state index in [4.69, 9.17) is 4.74 Å². The average molecular weight is 393 g/mol. The van der Waals surface area contributed by atoms with Crippen LogP contribution in [0.25, 0.3) is 33.1 Å². The summed E-state index contributed by atoms with van der Waals surface area (Å²) in [7, 11) is 3.32. The average Bonchev–Trinajstić information content (AvgIpc) is 3.15. The molecule has 4 aromatic rings. The molecule has 0 spiro atoms. The molecular formula is C20H20FN7O. The highest BCUT2D eigenvalue weighted by molar-refractivity contribution is 5.97. The number of pyridine rings is 1. The zero-order valence-corrected chi connectivity index (χ0v) is 16.2. The number of rotatable bonds is 3. The molecule has 4 heterocycles. The van der Waals surface area contributed by atoms with Gasteiger partial charge in [-0.15, -0.1) is 0 Å². The molecule has 0 radical (unpaired) electrons. The lowest BCUT2D eigenvalue weighted by molar-refractivity contribution is 0.381. The number of fused-ring (bicyclic) bond motifs is 2. The van der Waals surface area contributed by atoms with Crippen LogP contribution in [0.5, 0.6) is 6.01 Å². The van der Waals surface area contributed by atoms with Gasteiger partial charge in [-0.2, -0.15) is 15.1 Å². The van der Waals surface area contributed by atoms with Gasteiger partial charge in [0, 0.05) is 50.4 Å². The zero-order valence-electron chi connectivity index (χ0n) is 16.2. The van der Waals surface area contributed by atoms with Gasteiger partial charge in [0.05, 0.1) is 24.2 Å². The summed E-state index contributed by atoms with van der Waals surface area (Å²) in [5.41, 5.74) is 1.93. The molecule has 0 atom stereocenters. The van der Waals surface area contributed by atoms with Gasteiger partial charge in [0.1, 0.15) is 17.0 Å². The van der Waals surface area contributed by atoms with Crippen LogP contribution in [0, 0.1) is 5.82 Å². The van der Waals surface area contributed by atoms with Crippen molar-refractivity contribution in [3.05, 3.63) is 36.4 Å². The van der Waals surface area contributed by atoms with Crippen LogP contribution in [-0.4, -0.2) is 58.0 Å². The van der Waals surface area contributed by atoms with Gasteiger partial charge in [0.15, 0.2) is 5.82 Å². The van der Waals surface area contributed by atoms with Crippen molar-refractivity contribution in [1.29, 1.82) is 0 Å². The van der Waals surface area contributed by atoms with Gasteiger partial charge in [-0.05, 0) is 0 Å². The number of aromatic nitrogens is 5. The topological polar surface area (TPSA) is 81.0 Å². The van der Waals surface area contributed by atoms with Crippen molar-refractivity contribution in [2.75, 3.05) is 38.2 Å². The summed E-state index contributed by atoms with van der Waals surface area (Å²) in [6, 6.07) is 5.80. The molecule has 1 aromatic carbocycles. The lowest BCUT2D eigenvalue weighted by atomic mass is 10.1. The fraction of sp³-hybridized carbons (Fsp3) is 0.300. The summed E-state index contributed by atoms with van der Waals surface area (Å²) < 4.78 is 22.7. The van der Waals surface area contributed by atoms with Crippen molar-refractivity contribution < 1.29 is 9.13 Å². The van der Waals surface area contributed by atoms with Gasteiger partial charge >= 0.3 is 6.01 Å². The second kappa shape index (κ2) is 6.93. The SMILES string of the molecule is COc1nc(N2CCNCC2)c2cnc(-c3cccc4cnn(C)c34)c(F)c2n1. The number of benzene rings is 1. The van der Waals surface area contributed by atoms with E-state index in [-0.39, 0.29) is 17.2 Å². The molecule has 0 aliphatic carbocycles. The summed E-state index contributed by atoms with van der Waals surface area (Å²) in [4.78, 5) is 15.4. The van der Waals surface area contributed by atoms with Crippen molar-refractivity contribution in [3.8, 4) is 17.3 Å². The van der Waals surface area contributed by atoms with E-state index in [0.717, 1.165) is 37.1 Å². The number of anilines is 1. The molecule has 148 valence electrons. The van der Waals surface area contributed by atoms with Crippen molar-refractivity contribution in [1.82, 2.24) is 30.0 Å². The van der Waals surface area contributed by atoms with Crippen LogP contribution in [0.15, 0.2) is 30.6 Å². The van der Waals surface area contributed by atoms with Crippen molar-refractivity contribution >= 4 is 27.6 Å². The molecule has 1 fully saturated rings. The van der Waals surface area contributed by atoms with Crippen molar-refractivity contribution in [3.63, 3.8) is 0 Å². The third-order valence-electron chi connectivity index (χ3n) is 5.26. The standard InChI is InChI=1S/C20H20FN7O/c1-27-18-12(10-24-27)4-3-5-13(18)16-15(21)17-14(11-23-16)19(26-20(25-17)29-2)28-8-6-22-7-9-28/h3-5,10-11,22H,6-9H2,1-2H3. The van der Waals surface area contributed by atoms with Gasteiger partial charge in [-0.25, -0.2) is 4.39 Å². The van der Waals surface area contributed by atoms with Crippen LogP contribution in [-0.2, 0) is 7.05 Å². The summed E-state index contributed by atoms with van der Waals surface area (Å²) in [5.74, 6) is 0.151. The first kappa shape index (κ1) is 17.7. The van der Waals surface area contributed by atoms with E-state index < -0.39 is 5.82 Å². The highest BCUT2D eigenvalue weighted by atomic mass is 19.1. The van der Waals surface area contributed by atoms with Gasteiger partial charge in [0.2, 0.25) is 0 Å². The quantitative estimate of drug-likeness (QED) is 0.571. The van der Waals surface area contributed by atoms with E-state index in [1.807, 2.05) is 25.2 Å². The summed E-state index contributed by atoms with van der Waals surface area (Å²) in [5, 5.41) is 9.09. The fourth-order valence-corrected chi connectivity index (χ4v) is 3.84. The van der Waals surface area contributed by atoms with Crippen molar-refractivity contribution in [2.45, 2.75) is 0 Å². The smallest absolute Gasteiger partial charge is 0.318 e. The molecular weight excluding hydrogens is 373 g/mol. The van der Waals surface area contributed by atoms with Crippen molar-refractivity contribution in [2.24, 2.45) is 7.05 Å². The summed E-state index contributed by atoms with van der Waals surface area (Å²) >= 11 is 0. The zero-order chi connectivity index (χ0) is 20.0. The first-order valence-electron chi connectivity index (χ1n) is 9.44. The van der Waals surface area contributed by atoms with E-state index >= 15 is 4.39 Å². The minimum Gasteiger partial charge on any atom is -0.467 e. The first-order valence-corrected chi connectivity index (χ1v) is 9.44. The van der Waals surface area contributed by atoms with E-state index in [1.165, 1.54) is 7.11 Å². The Balaban J connectivity index is 1.75. The Morgan fingerprint density at radius 1 is 1.14 bits per heavy atom. The van der Waals surface area contributed by atoms with Crippen LogP contribution < -0.4 is 15.0 Å². The predicted molar refractivity (Wildman–Crippen MR) is 109 cm³/mol. The molecule has 0 unspecified atom stereocenters. The van der Waals surface area contributed by atoms with Crippen LogP contribution >= 0.6 is 0 Å².